The molecule has 6 aliphatic rings. The molecule has 3 fully saturated rings. The molecule has 0 radical (unpaired) electrons. The minimum atomic E-state index is -0.162. The zero-order chi connectivity index (χ0) is 27.1. The van der Waals surface area contributed by atoms with Gasteiger partial charge in [-0.25, -0.2) is 0 Å². The smallest absolute Gasteiger partial charge is 0.231 e. The molecule has 6 nitrogen and oxygen atoms in total. The van der Waals surface area contributed by atoms with Crippen molar-refractivity contribution in [2.45, 2.75) is 90.2 Å². The van der Waals surface area contributed by atoms with Crippen molar-refractivity contribution in [2.24, 2.45) is 34.5 Å². The second kappa shape index (κ2) is 9.24. The molecule has 1 aromatic rings. The first-order valence-corrected chi connectivity index (χ1v) is 15.3. The Morgan fingerprint density at radius 1 is 1.15 bits per heavy atom. The van der Waals surface area contributed by atoms with Gasteiger partial charge in [0, 0.05) is 30.5 Å². The molecule has 1 N–H and O–H groups in total. The number of nitrogens with zero attached hydrogens (tertiary/aromatic N) is 1. The van der Waals surface area contributed by atoms with Crippen LogP contribution in [0, 0.1) is 34.5 Å². The van der Waals surface area contributed by atoms with Gasteiger partial charge in [0.15, 0.2) is 11.5 Å². The molecule has 7 rings (SSSR count). The Bertz CT molecular complexity index is 1210. The third-order valence-electron chi connectivity index (χ3n) is 12.4. The van der Waals surface area contributed by atoms with E-state index in [2.05, 4.69) is 37.9 Å². The van der Waals surface area contributed by atoms with E-state index < -0.39 is 0 Å². The monoisotopic (exact) mass is 535 g/mol. The van der Waals surface area contributed by atoms with Crippen LogP contribution in [0.3, 0.4) is 0 Å². The van der Waals surface area contributed by atoms with Crippen LogP contribution < -0.4 is 14.2 Å². The second-order valence-electron chi connectivity index (χ2n) is 14.0. The largest absolute Gasteiger partial charge is 0.492 e. The van der Waals surface area contributed by atoms with Crippen molar-refractivity contribution in [3.05, 3.63) is 28.8 Å². The van der Waals surface area contributed by atoms with Gasteiger partial charge in [-0.05, 0) is 105 Å². The van der Waals surface area contributed by atoms with Crippen LogP contribution in [-0.4, -0.2) is 49.4 Å². The van der Waals surface area contributed by atoms with Crippen molar-refractivity contribution in [3.8, 4) is 17.2 Å². The lowest BCUT2D eigenvalue weighted by Gasteiger charge is -2.58. The summed E-state index contributed by atoms with van der Waals surface area (Å²) in [4.78, 5) is 16.6. The molecule has 2 aliphatic heterocycles. The third-order valence-corrected chi connectivity index (χ3v) is 12.4. The number of fused-ring (bicyclic) bond motifs is 7. The minimum Gasteiger partial charge on any atom is -0.492 e. The summed E-state index contributed by atoms with van der Waals surface area (Å²) in [5.41, 5.74) is 4.18. The molecule has 0 aromatic heterocycles. The SMILES string of the molecule is COc1c2c(cc3c1[C@H](CC(=O)[C@@H]1CC[C@@H]4[C@@H]5CC=C6C[C@@H](O)CC[C@]6(C)[C@@H]5CC[C@@]41C)N(C)CC3)OCO2. The first-order chi connectivity index (χ1) is 18.7. The molecular weight excluding hydrogens is 490 g/mol. The minimum absolute atomic E-state index is 0.00237. The third kappa shape index (κ3) is 3.76. The van der Waals surface area contributed by atoms with Gasteiger partial charge < -0.3 is 19.3 Å². The number of hydrogen-bond acceptors (Lipinski definition) is 6. The Balaban J connectivity index is 1.15. The number of ether oxygens (including phenoxy) is 3. The number of allylic oxidation sites excluding steroid dienone is 1. The molecule has 3 saturated carbocycles. The van der Waals surface area contributed by atoms with Gasteiger partial charge in [-0.15, -0.1) is 0 Å². The quantitative estimate of drug-likeness (QED) is 0.488. The summed E-state index contributed by atoms with van der Waals surface area (Å²) >= 11 is 0. The highest BCUT2D eigenvalue weighted by atomic mass is 16.7. The van der Waals surface area contributed by atoms with Crippen molar-refractivity contribution in [1.29, 1.82) is 0 Å². The molecule has 8 atom stereocenters. The topological polar surface area (TPSA) is 68.2 Å². The number of rotatable bonds is 4. The highest BCUT2D eigenvalue weighted by molar-refractivity contribution is 5.83. The Kier molecular flexibility index (Phi) is 6.13. The zero-order valence-corrected chi connectivity index (χ0v) is 24.1. The summed E-state index contributed by atoms with van der Waals surface area (Å²) in [6.07, 6.45) is 12.4. The first kappa shape index (κ1) is 25.9. The summed E-state index contributed by atoms with van der Waals surface area (Å²) in [6, 6.07) is 2.10. The lowest BCUT2D eigenvalue weighted by Crippen LogP contribution is -2.51. The van der Waals surface area contributed by atoms with Gasteiger partial charge in [0.2, 0.25) is 12.5 Å². The summed E-state index contributed by atoms with van der Waals surface area (Å²) < 4.78 is 17.4. The van der Waals surface area contributed by atoms with E-state index in [1.807, 2.05) is 0 Å². The highest BCUT2D eigenvalue weighted by Gasteiger charge is 2.60. The molecular formula is C33H45NO5. The number of aliphatic hydroxyl groups excluding tert-OH is 1. The number of Topliss-reactive ketones (excluding diaryl/α,β-unsaturated/α-hetero) is 1. The Morgan fingerprint density at radius 3 is 2.82 bits per heavy atom. The number of ketones is 1. The van der Waals surface area contributed by atoms with Crippen molar-refractivity contribution in [3.63, 3.8) is 0 Å². The predicted molar refractivity (Wildman–Crippen MR) is 149 cm³/mol. The van der Waals surface area contributed by atoms with E-state index in [9.17, 15) is 9.90 Å². The summed E-state index contributed by atoms with van der Waals surface area (Å²) in [5.74, 6) is 4.74. The molecule has 0 spiro atoms. The average molecular weight is 536 g/mol. The van der Waals surface area contributed by atoms with E-state index in [1.165, 1.54) is 24.0 Å². The van der Waals surface area contributed by atoms with Gasteiger partial charge in [0.05, 0.1) is 13.2 Å². The molecule has 0 amide bonds. The summed E-state index contributed by atoms with van der Waals surface area (Å²) in [6.45, 7) is 6.07. The van der Waals surface area contributed by atoms with Crippen LogP contribution >= 0.6 is 0 Å². The Morgan fingerprint density at radius 2 is 2.00 bits per heavy atom. The fraction of sp³-hybridized carbons (Fsp3) is 0.727. The molecule has 1 aromatic carbocycles. The van der Waals surface area contributed by atoms with Crippen LogP contribution in [0.1, 0.15) is 88.8 Å². The van der Waals surface area contributed by atoms with Crippen molar-refractivity contribution in [2.75, 3.05) is 27.5 Å². The molecule has 0 unspecified atom stereocenters. The van der Waals surface area contributed by atoms with E-state index in [0.717, 1.165) is 68.6 Å². The van der Waals surface area contributed by atoms with E-state index in [-0.39, 0.29) is 35.7 Å². The maximum atomic E-state index is 14.3. The number of likely N-dealkylation sites (N-methyl/N-ethyl adjacent to an activating group) is 1. The molecule has 0 saturated heterocycles. The molecule has 212 valence electrons. The van der Waals surface area contributed by atoms with E-state index in [1.54, 1.807) is 7.11 Å². The van der Waals surface area contributed by atoms with E-state index >= 15 is 0 Å². The normalized spacial score (nSPS) is 40.7. The number of carbonyl (C=O) groups is 1. The van der Waals surface area contributed by atoms with Gasteiger partial charge in [-0.1, -0.05) is 25.5 Å². The summed E-state index contributed by atoms with van der Waals surface area (Å²) in [5, 5.41) is 10.3. The molecule has 39 heavy (non-hydrogen) atoms. The zero-order valence-electron chi connectivity index (χ0n) is 24.1. The maximum absolute atomic E-state index is 14.3. The average Bonchev–Trinajstić information content (AvgIpc) is 3.53. The lowest BCUT2D eigenvalue weighted by atomic mass is 9.47. The first-order valence-electron chi connectivity index (χ1n) is 15.3. The number of carbonyl (C=O) groups excluding carboxylic acids is 1. The van der Waals surface area contributed by atoms with Gasteiger partial charge in [-0.3, -0.25) is 9.69 Å². The highest BCUT2D eigenvalue weighted by Crippen LogP contribution is 2.66. The van der Waals surface area contributed by atoms with E-state index in [4.69, 9.17) is 14.2 Å². The molecule has 6 heteroatoms. The summed E-state index contributed by atoms with van der Waals surface area (Å²) in [7, 11) is 3.84. The van der Waals surface area contributed by atoms with Gasteiger partial charge in [0.1, 0.15) is 5.78 Å². The van der Waals surface area contributed by atoms with Crippen LogP contribution in [0.5, 0.6) is 17.2 Å². The van der Waals surface area contributed by atoms with Gasteiger partial charge >= 0.3 is 0 Å². The predicted octanol–water partition coefficient (Wildman–Crippen LogP) is 5.85. The molecule has 4 aliphatic carbocycles. The Hall–Kier alpha value is -2.05. The standard InChI is InChI=1S/C33H45NO5/c1-32-12-9-21(35)16-20(32)5-6-22-23-7-8-25(33(23,2)13-10-24(22)32)27(36)17-26-29-19(11-14-34(26)3)15-28-30(31(29)37-4)39-18-38-28/h5,15,21-26,35H,6-14,16-18H2,1-4H3/t21-,22-,23+,24+,25-,26-,32-,33-/m0/s1. The number of benzene rings is 1. The van der Waals surface area contributed by atoms with Gasteiger partial charge in [0.25, 0.3) is 0 Å². The number of methoxy groups -OCH3 is 1. The number of hydrogen-bond donors (Lipinski definition) is 1. The van der Waals surface area contributed by atoms with Crippen LogP contribution in [0.2, 0.25) is 0 Å². The second-order valence-corrected chi connectivity index (χ2v) is 14.0. The van der Waals surface area contributed by atoms with Crippen LogP contribution in [-0.2, 0) is 11.2 Å². The fourth-order valence-corrected chi connectivity index (χ4v) is 10.3. The number of aliphatic hydroxyl groups is 1. The van der Waals surface area contributed by atoms with Crippen molar-refractivity contribution >= 4 is 5.78 Å². The maximum Gasteiger partial charge on any atom is 0.231 e. The van der Waals surface area contributed by atoms with Crippen LogP contribution in [0.25, 0.3) is 0 Å². The fourth-order valence-electron chi connectivity index (χ4n) is 10.3. The van der Waals surface area contributed by atoms with E-state index in [0.29, 0.717) is 35.7 Å². The van der Waals surface area contributed by atoms with Crippen LogP contribution in [0.15, 0.2) is 17.7 Å². The van der Waals surface area contributed by atoms with Crippen LogP contribution in [0.4, 0.5) is 0 Å². The van der Waals surface area contributed by atoms with Gasteiger partial charge in [-0.2, -0.15) is 0 Å². The lowest BCUT2D eigenvalue weighted by molar-refractivity contribution is -0.131. The molecule has 0 bridgehead atoms. The van der Waals surface area contributed by atoms with Crippen molar-refractivity contribution < 1.29 is 24.1 Å². The molecule has 2 heterocycles. The van der Waals surface area contributed by atoms with Crippen molar-refractivity contribution in [1.82, 2.24) is 4.90 Å². The Labute approximate surface area is 233 Å².